The summed E-state index contributed by atoms with van der Waals surface area (Å²) in [6.07, 6.45) is 8.41. The van der Waals surface area contributed by atoms with Crippen LogP contribution < -0.4 is 10.7 Å². The predicted octanol–water partition coefficient (Wildman–Crippen LogP) is 3.82. The average Bonchev–Trinajstić information content (AvgIpc) is 3.45. The zero-order chi connectivity index (χ0) is 17.8. The summed E-state index contributed by atoms with van der Waals surface area (Å²) in [6.45, 7) is 6.34. The summed E-state index contributed by atoms with van der Waals surface area (Å²) in [5.74, 6) is 0. The highest BCUT2D eigenvalue weighted by molar-refractivity contribution is 6.26. The van der Waals surface area contributed by atoms with Crippen LogP contribution in [-0.2, 0) is 0 Å². The first-order valence-corrected chi connectivity index (χ1v) is 8.91. The quantitative estimate of drug-likeness (QED) is 0.726. The standard InChI is InChI=1S/C22H20N4.3H2/c1-12-15-4-6-17(23-15)13(2)19-8-10-21(25-19)22-11-9-20(26-22)14(3)18-7-5-16(12)24-18;;;/h4-11,21,24,26H,1-3H3;3*1H/b16-12?,17-13-,18-14-;;;/i;3*1+1. The Bertz CT molecular complexity index is 1220. The highest BCUT2D eigenvalue weighted by atomic mass is 14.9. The van der Waals surface area contributed by atoms with Crippen molar-refractivity contribution in [1.82, 2.24) is 9.97 Å². The van der Waals surface area contributed by atoms with E-state index in [4.69, 9.17) is 9.98 Å². The molecule has 1 unspecified atom stereocenters. The lowest BCUT2D eigenvalue weighted by Crippen LogP contribution is -2.16. The molecule has 0 saturated carbocycles. The molecule has 3 aliphatic rings. The van der Waals surface area contributed by atoms with Crippen LogP contribution in [0.3, 0.4) is 0 Å². The summed E-state index contributed by atoms with van der Waals surface area (Å²) in [6, 6.07) is 8.56. The van der Waals surface area contributed by atoms with Crippen molar-refractivity contribution < 1.29 is 4.28 Å². The minimum Gasteiger partial charge on any atom is -0.357 e. The number of hydrogen-bond acceptors (Lipinski definition) is 2. The molecule has 0 aromatic carbocycles. The molecule has 2 N–H and O–H groups in total. The highest BCUT2D eigenvalue weighted by Gasteiger charge is 2.19. The summed E-state index contributed by atoms with van der Waals surface area (Å²) in [5.41, 5.74) is 8.67. The van der Waals surface area contributed by atoms with Crippen LogP contribution in [0, 0.1) is 0 Å². The molecule has 0 saturated heterocycles. The second kappa shape index (κ2) is 5.43. The molecule has 0 radical (unpaired) electrons. The largest absolute Gasteiger partial charge is 0.357 e. The van der Waals surface area contributed by atoms with E-state index in [-0.39, 0.29) is 10.3 Å². The molecule has 2 aromatic rings. The second-order valence-corrected chi connectivity index (χ2v) is 7.02. The van der Waals surface area contributed by atoms with E-state index in [0.29, 0.717) is 0 Å². The number of aromatic amines is 2. The fraction of sp³-hybridized carbons (Fsp3) is 0.182. The molecule has 0 fully saturated rings. The van der Waals surface area contributed by atoms with Crippen LogP contribution in [0.4, 0.5) is 0 Å². The molecule has 134 valence electrons. The third kappa shape index (κ3) is 2.22. The Balaban J connectivity index is 0.000001000. The summed E-state index contributed by atoms with van der Waals surface area (Å²) < 4.78 is 0. The van der Waals surface area contributed by atoms with E-state index in [1.54, 1.807) is 0 Å². The van der Waals surface area contributed by atoms with Gasteiger partial charge in [0.05, 0.1) is 17.1 Å². The number of aromatic nitrogens is 2. The van der Waals surface area contributed by atoms with Crippen molar-refractivity contribution >= 4 is 22.6 Å². The lowest BCUT2D eigenvalue weighted by molar-refractivity contribution is 0.889. The number of fused-ring (bicyclic) bond motifs is 7. The summed E-state index contributed by atoms with van der Waals surface area (Å²) in [7, 11) is 0. The van der Waals surface area contributed by atoms with Gasteiger partial charge in [0.25, 0.3) is 0 Å². The maximum absolute atomic E-state index is 4.89. The molecule has 8 bridgehead atoms. The van der Waals surface area contributed by atoms with E-state index in [1.165, 1.54) is 5.57 Å². The maximum atomic E-state index is 4.89. The Labute approximate surface area is 156 Å². The van der Waals surface area contributed by atoms with Crippen LogP contribution in [0.25, 0.3) is 11.1 Å². The van der Waals surface area contributed by atoms with Crippen molar-refractivity contribution in [3.05, 3.63) is 81.9 Å². The predicted molar refractivity (Wildman–Crippen MR) is 113 cm³/mol. The SMILES string of the molecule is CC1=c2cc/c([nH]2)=C(\C)c2ccc([nH]2)C2C=CC(=N2)/C(C)=C2/C=CC1=N2.[2HH].[2HH].[2HH]. The normalized spacial score (nSPS) is 26.0. The van der Waals surface area contributed by atoms with Crippen molar-refractivity contribution in [2.45, 2.75) is 26.8 Å². The third-order valence-electron chi connectivity index (χ3n) is 5.43. The molecular formula is C22H26N4. The van der Waals surface area contributed by atoms with Crippen LogP contribution in [0.5, 0.6) is 0 Å². The van der Waals surface area contributed by atoms with Gasteiger partial charge >= 0.3 is 0 Å². The van der Waals surface area contributed by atoms with Crippen LogP contribution in [0.1, 0.15) is 42.5 Å². The molecule has 0 amide bonds. The first kappa shape index (κ1) is 15.1. The number of allylic oxidation sites excluding steroid dienone is 4. The molecule has 5 heterocycles. The van der Waals surface area contributed by atoms with E-state index in [2.05, 4.69) is 79.3 Å². The fourth-order valence-corrected chi connectivity index (χ4v) is 3.64. The van der Waals surface area contributed by atoms with Crippen LogP contribution in [0.2, 0.25) is 0 Å². The Hall–Kier alpha value is -3.14. The molecular weight excluding hydrogens is 320 g/mol. The Morgan fingerprint density at radius 1 is 0.808 bits per heavy atom. The molecule has 3 aliphatic heterocycles. The van der Waals surface area contributed by atoms with E-state index in [9.17, 15) is 0 Å². The van der Waals surface area contributed by atoms with Gasteiger partial charge in [0.15, 0.2) is 0 Å². The van der Waals surface area contributed by atoms with E-state index in [1.807, 2.05) is 0 Å². The van der Waals surface area contributed by atoms with Gasteiger partial charge in [-0.2, -0.15) is 0 Å². The number of aliphatic imine (C=N–C) groups is 2. The van der Waals surface area contributed by atoms with Gasteiger partial charge in [-0.15, -0.1) is 0 Å². The fourth-order valence-electron chi connectivity index (χ4n) is 3.64. The van der Waals surface area contributed by atoms with E-state index < -0.39 is 0 Å². The van der Waals surface area contributed by atoms with Gasteiger partial charge in [0.1, 0.15) is 6.04 Å². The number of nitrogens with zero attached hydrogens (tertiary/aromatic N) is 2. The lowest BCUT2D eigenvalue weighted by atomic mass is 10.1. The van der Waals surface area contributed by atoms with Crippen molar-refractivity contribution in [3.63, 3.8) is 0 Å². The molecule has 4 heteroatoms. The topological polar surface area (TPSA) is 56.3 Å². The minimum absolute atomic E-state index is 0. The van der Waals surface area contributed by atoms with Gasteiger partial charge in [-0.25, -0.2) is 4.99 Å². The summed E-state index contributed by atoms with van der Waals surface area (Å²) >= 11 is 0. The number of nitrogens with one attached hydrogen (secondary N) is 2. The van der Waals surface area contributed by atoms with Crippen molar-refractivity contribution in [1.29, 1.82) is 0 Å². The number of H-pyrrole nitrogens is 2. The highest BCUT2D eigenvalue weighted by Crippen LogP contribution is 2.28. The summed E-state index contributed by atoms with van der Waals surface area (Å²) in [5, 5.41) is 2.21. The van der Waals surface area contributed by atoms with Crippen molar-refractivity contribution in [3.8, 4) is 0 Å². The van der Waals surface area contributed by atoms with E-state index in [0.717, 1.165) is 50.4 Å². The monoisotopic (exact) mass is 349 g/mol. The van der Waals surface area contributed by atoms with Crippen LogP contribution in [0.15, 0.2) is 69.8 Å². The molecule has 0 aliphatic carbocycles. The minimum atomic E-state index is 0. The van der Waals surface area contributed by atoms with Crippen LogP contribution >= 0.6 is 0 Å². The van der Waals surface area contributed by atoms with Crippen LogP contribution in [-0.4, -0.2) is 21.4 Å². The van der Waals surface area contributed by atoms with Gasteiger partial charge in [-0.1, -0.05) is 6.08 Å². The molecule has 0 spiro atoms. The van der Waals surface area contributed by atoms with E-state index >= 15 is 0 Å². The van der Waals surface area contributed by atoms with Gasteiger partial charge in [-0.05, 0) is 80.0 Å². The van der Waals surface area contributed by atoms with Gasteiger partial charge < -0.3 is 9.97 Å². The Morgan fingerprint density at radius 3 is 2.46 bits per heavy atom. The molecule has 26 heavy (non-hydrogen) atoms. The molecule has 5 rings (SSSR count). The van der Waals surface area contributed by atoms with Gasteiger partial charge in [-0.3, -0.25) is 4.99 Å². The zero-order valence-corrected chi connectivity index (χ0v) is 15.1. The van der Waals surface area contributed by atoms with Gasteiger partial charge in [0, 0.05) is 26.4 Å². The molecule has 1 atom stereocenters. The molecule has 2 aromatic heterocycles. The van der Waals surface area contributed by atoms with Crippen molar-refractivity contribution in [2.24, 2.45) is 9.98 Å². The third-order valence-corrected chi connectivity index (χ3v) is 5.43. The molecule has 4 nitrogen and oxygen atoms in total. The summed E-state index contributed by atoms with van der Waals surface area (Å²) in [4.78, 5) is 16.8. The average molecular weight is 349 g/mol. The smallest absolute Gasteiger partial charge is 0.109 e. The van der Waals surface area contributed by atoms with Gasteiger partial charge in [0.2, 0.25) is 0 Å². The Kier molecular flexibility index (Phi) is 3.16. The zero-order valence-electron chi connectivity index (χ0n) is 15.1. The number of rotatable bonds is 0. The number of hydrogen-bond donors (Lipinski definition) is 2. The first-order valence-electron chi connectivity index (χ1n) is 8.91. The lowest BCUT2D eigenvalue weighted by Gasteiger charge is -2.04. The second-order valence-electron chi connectivity index (χ2n) is 7.02. The van der Waals surface area contributed by atoms with Crippen molar-refractivity contribution in [2.75, 3.05) is 0 Å². The Morgan fingerprint density at radius 2 is 1.62 bits per heavy atom. The first-order chi connectivity index (χ1) is 12.6. The maximum Gasteiger partial charge on any atom is 0.109 e.